The first kappa shape index (κ1) is 12.1. The summed E-state index contributed by atoms with van der Waals surface area (Å²) in [5, 5.41) is 8.36. The molecule has 1 heterocycles. The number of hydrogen-bond donors (Lipinski definition) is 2. The van der Waals surface area contributed by atoms with E-state index < -0.39 is 5.97 Å². The number of carbonyl (C=O) groups is 1. The number of nitrogens with one attached hydrogen (secondary N) is 1. The molecule has 7 nitrogen and oxygen atoms in total. The van der Waals surface area contributed by atoms with Gasteiger partial charge in [0.25, 0.3) is 0 Å². The van der Waals surface area contributed by atoms with Crippen LogP contribution in [0, 0.1) is 0 Å². The first-order valence-electron chi connectivity index (χ1n) is 4.91. The Bertz CT molecular complexity index is 528. The molecule has 0 aromatic heterocycles. The van der Waals surface area contributed by atoms with Gasteiger partial charge in [-0.25, -0.2) is 9.80 Å². The summed E-state index contributed by atoms with van der Waals surface area (Å²) in [4.78, 5) is 16.2. The van der Waals surface area contributed by atoms with Crippen molar-refractivity contribution in [3.63, 3.8) is 0 Å². The van der Waals surface area contributed by atoms with Crippen LogP contribution in [-0.4, -0.2) is 11.1 Å². The van der Waals surface area contributed by atoms with E-state index in [1.807, 2.05) is 18.2 Å². The summed E-state index contributed by atoms with van der Waals surface area (Å²) < 4.78 is 0. The average molecular weight is 263 g/mol. The molecular formula is C10H9N5O2S. The number of nitrogens with zero attached hydrogens (tertiary/aromatic N) is 3. The van der Waals surface area contributed by atoms with Crippen LogP contribution >= 0.6 is 12.2 Å². The molecule has 1 aliphatic heterocycles. The smallest absolute Gasteiger partial charge is 0.373 e. The molecule has 18 heavy (non-hydrogen) atoms. The van der Waals surface area contributed by atoms with Crippen LogP contribution in [0.3, 0.4) is 0 Å². The number of hydrogen-bond acceptors (Lipinski definition) is 6. The Kier molecular flexibility index (Phi) is 3.60. The summed E-state index contributed by atoms with van der Waals surface area (Å²) in [5.41, 5.74) is 8.52. The van der Waals surface area contributed by atoms with Crippen LogP contribution in [0.4, 0.5) is 5.69 Å². The third-order valence-electron chi connectivity index (χ3n) is 2.03. The Morgan fingerprint density at radius 2 is 2.17 bits per heavy atom. The molecule has 0 radical (unpaired) electrons. The predicted octanol–water partition coefficient (Wildman–Crippen LogP) is 1.01. The molecule has 0 bridgehead atoms. The fraction of sp³-hybridized carbons (Fsp3) is 0. The van der Waals surface area contributed by atoms with E-state index in [1.54, 1.807) is 12.1 Å². The van der Waals surface area contributed by atoms with Crippen LogP contribution in [0.25, 0.3) is 0 Å². The number of benzene rings is 1. The lowest BCUT2D eigenvalue weighted by atomic mass is 10.3. The number of thiocarbonyl (C=S) groups is 1. The van der Waals surface area contributed by atoms with Gasteiger partial charge in [0, 0.05) is 0 Å². The molecule has 0 aliphatic carbocycles. The lowest BCUT2D eigenvalue weighted by Gasteiger charge is -2.14. The standard InChI is InChI=1S/C10H9N5O2S/c11-10(18)13-12-6-8-9(16)17-14-15(8)7-4-2-1-3-5-7/h1-6,14H,(H2,11,18). The first-order chi connectivity index (χ1) is 8.68. The van der Waals surface area contributed by atoms with E-state index in [-0.39, 0.29) is 10.8 Å². The average Bonchev–Trinajstić information content (AvgIpc) is 2.72. The van der Waals surface area contributed by atoms with Gasteiger partial charge in [-0.05, 0) is 24.4 Å². The predicted molar refractivity (Wildman–Crippen MR) is 67.9 cm³/mol. The summed E-state index contributed by atoms with van der Waals surface area (Å²) in [6.07, 6.45) is 1.22. The molecule has 1 aromatic rings. The summed E-state index contributed by atoms with van der Waals surface area (Å²) in [6.45, 7) is 0. The van der Waals surface area contributed by atoms with Crippen LogP contribution in [0.5, 0.6) is 0 Å². The fourth-order valence-corrected chi connectivity index (χ4v) is 1.35. The minimum absolute atomic E-state index is 0.113. The van der Waals surface area contributed by atoms with E-state index in [2.05, 4.69) is 28.0 Å². The van der Waals surface area contributed by atoms with Crippen molar-refractivity contribution >= 4 is 29.0 Å². The molecule has 1 fully saturated rings. The minimum atomic E-state index is -0.569. The Balaban J connectivity index is 2.26. The van der Waals surface area contributed by atoms with Crippen molar-refractivity contribution in [2.24, 2.45) is 16.0 Å². The van der Waals surface area contributed by atoms with Gasteiger partial charge in [0.2, 0.25) is 5.11 Å². The Labute approximate surface area is 108 Å². The second-order valence-electron chi connectivity index (χ2n) is 3.22. The van der Waals surface area contributed by atoms with E-state index in [9.17, 15) is 4.79 Å². The van der Waals surface area contributed by atoms with Crippen LogP contribution in [0.15, 0.2) is 52.5 Å². The minimum Gasteiger partial charge on any atom is -0.373 e. The van der Waals surface area contributed by atoms with E-state index in [0.717, 1.165) is 5.69 Å². The molecule has 0 saturated carbocycles. The Hall–Kier alpha value is -2.32. The van der Waals surface area contributed by atoms with Crippen LogP contribution in [0.2, 0.25) is 0 Å². The molecule has 0 spiro atoms. The summed E-state index contributed by atoms with van der Waals surface area (Å²) in [7, 11) is 0. The quantitative estimate of drug-likeness (QED) is 0.470. The second kappa shape index (κ2) is 5.34. The third-order valence-corrected chi connectivity index (χ3v) is 2.11. The largest absolute Gasteiger partial charge is 0.378 e. The number of carbonyl (C=O) groups excluding carboxylic acids is 1. The SMILES string of the molecule is NC(=S)N=NC=C1C(=O)ONN1c1ccccc1. The van der Waals surface area contributed by atoms with Gasteiger partial charge in [0.1, 0.15) is 0 Å². The zero-order valence-corrected chi connectivity index (χ0v) is 9.92. The van der Waals surface area contributed by atoms with Crippen LogP contribution < -0.4 is 16.3 Å². The highest BCUT2D eigenvalue weighted by atomic mass is 32.1. The molecular weight excluding hydrogens is 254 g/mol. The molecule has 92 valence electrons. The molecule has 2 rings (SSSR count). The van der Waals surface area contributed by atoms with Gasteiger partial charge in [-0.1, -0.05) is 23.8 Å². The van der Waals surface area contributed by atoms with E-state index in [4.69, 9.17) is 10.6 Å². The molecule has 0 amide bonds. The van der Waals surface area contributed by atoms with Crippen LogP contribution in [0.1, 0.15) is 0 Å². The van der Waals surface area contributed by atoms with Gasteiger partial charge in [0.15, 0.2) is 5.70 Å². The monoisotopic (exact) mass is 263 g/mol. The van der Waals surface area contributed by atoms with Gasteiger partial charge in [-0.2, -0.15) is 5.11 Å². The van der Waals surface area contributed by atoms with Crippen LogP contribution in [-0.2, 0) is 9.63 Å². The maximum Gasteiger partial charge on any atom is 0.378 e. The zero-order chi connectivity index (χ0) is 13.0. The molecule has 0 atom stereocenters. The van der Waals surface area contributed by atoms with Gasteiger partial charge >= 0.3 is 5.97 Å². The van der Waals surface area contributed by atoms with Crippen molar-refractivity contribution in [3.8, 4) is 0 Å². The molecule has 1 aliphatic rings. The number of para-hydroxylation sites is 1. The van der Waals surface area contributed by atoms with Crippen molar-refractivity contribution in [2.75, 3.05) is 5.01 Å². The normalized spacial score (nSPS) is 17.4. The van der Waals surface area contributed by atoms with Crippen molar-refractivity contribution in [1.82, 2.24) is 5.59 Å². The Morgan fingerprint density at radius 1 is 1.44 bits per heavy atom. The highest BCUT2D eigenvalue weighted by Crippen LogP contribution is 2.21. The fourth-order valence-electron chi connectivity index (χ4n) is 1.30. The number of hydrazine groups is 1. The number of nitrogens with two attached hydrogens (primary N) is 1. The summed E-state index contributed by atoms with van der Waals surface area (Å²) in [5.74, 6) is -0.569. The van der Waals surface area contributed by atoms with E-state index >= 15 is 0 Å². The number of rotatable bonds is 2. The molecule has 3 N–H and O–H groups in total. The van der Waals surface area contributed by atoms with Gasteiger partial charge in [-0.15, -0.1) is 5.11 Å². The van der Waals surface area contributed by atoms with Crippen molar-refractivity contribution in [2.45, 2.75) is 0 Å². The highest BCUT2D eigenvalue weighted by molar-refractivity contribution is 7.80. The maximum atomic E-state index is 11.5. The lowest BCUT2D eigenvalue weighted by molar-refractivity contribution is -0.140. The molecule has 1 aromatic carbocycles. The number of anilines is 1. The topological polar surface area (TPSA) is 92.3 Å². The van der Waals surface area contributed by atoms with Gasteiger partial charge in [-0.3, -0.25) is 0 Å². The van der Waals surface area contributed by atoms with Crippen molar-refractivity contribution in [3.05, 3.63) is 42.2 Å². The zero-order valence-electron chi connectivity index (χ0n) is 9.11. The lowest BCUT2D eigenvalue weighted by Crippen LogP contribution is -2.28. The maximum absolute atomic E-state index is 11.5. The van der Waals surface area contributed by atoms with Gasteiger partial charge in [0.05, 0.1) is 11.9 Å². The van der Waals surface area contributed by atoms with Crippen molar-refractivity contribution in [1.29, 1.82) is 0 Å². The summed E-state index contributed by atoms with van der Waals surface area (Å²) >= 11 is 4.53. The van der Waals surface area contributed by atoms with Crippen molar-refractivity contribution < 1.29 is 9.63 Å². The first-order valence-corrected chi connectivity index (χ1v) is 5.32. The molecule has 8 heteroatoms. The van der Waals surface area contributed by atoms with E-state index in [1.165, 1.54) is 11.2 Å². The van der Waals surface area contributed by atoms with E-state index in [0.29, 0.717) is 0 Å². The number of azo groups is 1. The third kappa shape index (κ3) is 2.67. The molecule has 1 saturated heterocycles. The summed E-state index contributed by atoms with van der Waals surface area (Å²) in [6, 6.07) is 9.11. The molecule has 0 unspecified atom stereocenters. The van der Waals surface area contributed by atoms with Gasteiger partial charge < -0.3 is 10.6 Å². The Morgan fingerprint density at radius 3 is 2.83 bits per heavy atom. The second-order valence-corrected chi connectivity index (χ2v) is 3.64. The highest BCUT2D eigenvalue weighted by Gasteiger charge is 2.28.